The normalized spacial score (nSPS) is 12.6. The monoisotopic (exact) mass is 372 g/mol. The SMILES string of the molecule is CSC(C)CCNC(=O)c1sc2cc(Br)ccc2c1N. The number of carbonyl (C=O) groups is 1. The molecule has 0 fully saturated rings. The maximum atomic E-state index is 12.2. The zero-order valence-electron chi connectivity index (χ0n) is 11.4. The predicted octanol–water partition coefficient (Wildman–Crippen LogP) is 4.12. The number of hydrogen-bond donors (Lipinski definition) is 2. The molecule has 3 nitrogen and oxygen atoms in total. The Morgan fingerprint density at radius 3 is 3.00 bits per heavy atom. The highest BCUT2D eigenvalue weighted by Crippen LogP contribution is 2.35. The molecule has 0 aliphatic rings. The van der Waals surface area contributed by atoms with Gasteiger partial charge in [-0.25, -0.2) is 0 Å². The second-order valence-electron chi connectivity index (χ2n) is 4.58. The molecule has 2 rings (SSSR count). The van der Waals surface area contributed by atoms with E-state index in [1.165, 1.54) is 11.3 Å². The number of anilines is 1. The molecule has 3 N–H and O–H groups in total. The molecule has 0 aliphatic carbocycles. The van der Waals surface area contributed by atoms with Crippen LogP contribution in [0.4, 0.5) is 5.69 Å². The number of nitrogen functional groups attached to an aromatic ring is 1. The number of nitrogens with two attached hydrogens (primary N) is 1. The van der Waals surface area contributed by atoms with Gasteiger partial charge < -0.3 is 11.1 Å². The van der Waals surface area contributed by atoms with Crippen LogP contribution in [0.25, 0.3) is 10.1 Å². The van der Waals surface area contributed by atoms with Crippen LogP contribution in [0, 0.1) is 0 Å². The van der Waals surface area contributed by atoms with Crippen molar-refractivity contribution in [1.29, 1.82) is 0 Å². The smallest absolute Gasteiger partial charge is 0.263 e. The molecule has 1 unspecified atom stereocenters. The van der Waals surface area contributed by atoms with Crippen molar-refractivity contribution in [3.05, 3.63) is 27.5 Å². The Labute approximate surface area is 135 Å². The molecule has 1 aromatic carbocycles. The lowest BCUT2D eigenvalue weighted by molar-refractivity contribution is 0.0958. The van der Waals surface area contributed by atoms with Crippen molar-refractivity contribution in [3.8, 4) is 0 Å². The van der Waals surface area contributed by atoms with E-state index in [-0.39, 0.29) is 5.91 Å². The van der Waals surface area contributed by atoms with Gasteiger partial charge in [-0.15, -0.1) is 11.3 Å². The van der Waals surface area contributed by atoms with E-state index in [9.17, 15) is 4.79 Å². The fourth-order valence-corrected chi connectivity index (χ4v) is 3.79. The molecule has 0 bridgehead atoms. The lowest BCUT2D eigenvalue weighted by Gasteiger charge is -2.08. The Kier molecular flexibility index (Phi) is 5.35. The van der Waals surface area contributed by atoms with Gasteiger partial charge in [0.25, 0.3) is 5.91 Å². The number of benzene rings is 1. The Hall–Kier alpha value is -0.720. The van der Waals surface area contributed by atoms with E-state index in [2.05, 4.69) is 34.4 Å². The van der Waals surface area contributed by atoms with Crippen LogP contribution in [0.15, 0.2) is 22.7 Å². The van der Waals surface area contributed by atoms with Gasteiger partial charge in [0, 0.05) is 26.4 Å². The van der Waals surface area contributed by atoms with Gasteiger partial charge in [-0.1, -0.05) is 28.9 Å². The first-order valence-electron chi connectivity index (χ1n) is 6.31. The zero-order chi connectivity index (χ0) is 14.7. The second-order valence-corrected chi connectivity index (χ2v) is 7.82. The molecule has 0 saturated carbocycles. The Bertz CT molecular complexity index is 627. The third-order valence-corrected chi connectivity index (χ3v) is 5.84. The summed E-state index contributed by atoms with van der Waals surface area (Å²) in [6, 6.07) is 5.87. The second kappa shape index (κ2) is 6.83. The van der Waals surface area contributed by atoms with Crippen molar-refractivity contribution in [2.75, 3.05) is 18.5 Å². The fourth-order valence-electron chi connectivity index (χ4n) is 1.85. The highest BCUT2D eigenvalue weighted by atomic mass is 79.9. The Morgan fingerprint density at radius 1 is 1.55 bits per heavy atom. The number of rotatable bonds is 5. The number of amides is 1. The van der Waals surface area contributed by atoms with Crippen LogP contribution in [0.1, 0.15) is 23.0 Å². The summed E-state index contributed by atoms with van der Waals surface area (Å²) < 4.78 is 2.02. The number of fused-ring (bicyclic) bond motifs is 1. The Balaban J connectivity index is 2.12. The van der Waals surface area contributed by atoms with Crippen molar-refractivity contribution in [3.63, 3.8) is 0 Å². The largest absolute Gasteiger partial charge is 0.397 e. The van der Waals surface area contributed by atoms with Gasteiger partial charge in [0.1, 0.15) is 4.88 Å². The molecule has 6 heteroatoms. The van der Waals surface area contributed by atoms with Crippen LogP contribution in [0.5, 0.6) is 0 Å². The van der Waals surface area contributed by atoms with E-state index < -0.39 is 0 Å². The molecule has 2 aromatic rings. The van der Waals surface area contributed by atoms with Crippen LogP contribution >= 0.6 is 39.0 Å². The lowest BCUT2D eigenvalue weighted by Crippen LogP contribution is -2.25. The van der Waals surface area contributed by atoms with E-state index in [1.807, 2.05) is 18.2 Å². The highest BCUT2D eigenvalue weighted by molar-refractivity contribution is 9.10. The van der Waals surface area contributed by atoms with Crippen molar-refractivity contribution in [2.24, 2.45) is 0 Å². The van der Waals surface area contributed by atoms with Gasteiger partial charge in [0.2, 0.25) is 0 Å². The number of nitrogens with one attached hydrogen (secondary N) is 1. The summed E-state index contributed by atoms with van der Waals surface area (Å²) in [4.78, 5) is 12.8. The number of thioether (sulfide) groups is 1. The molecule has 1 atom stereocenters. The lowest BCUT2D eigenvalue weighted by atomic mass is 10.2. The summed E-state index contributed by atoms with van der Waals surface area (Å²) in [5, 5.41) is 4.44. The maximum absolute atomic E-state index is 12.2. The third kappa shape index (κ3) is 3.48. The standard InChI is InChI=1S/C14H17BrN2OS2/c1-8(19-2)5-6-17-14(18)13-12(16)10-4-3-9(15)7-11(10)20-13/h3-4,7-8H,5-6,16H2,1-2H3,(H,17,18). The van der Waals surface area contributed by atoms with Crippen LogP contribution < -0.4 is 11.1 Å². The minimum absolute atomic E-state index is 0.0758. The van der Waals surface area contributed by atoms with Crippen molar-refractivity contribution in [2.45, 2.75) is 18.6 Å². The van der Waals surface area contributed by atoms with E-state index in [0.29, 0.717) is 22.4 Å². The molecule has 0 aliphatic heterocycles. The number of carbonyl (C=O) groups excluding carboxylic acids is 1. The number of hydrogen-bond acceptors (Lipinski definition) is 4. The zero-order valence-corrected chi connectivity index (χ0v) is 14.6. The van der Waals surface area contributed by atoms with Gasteiger partial charge in [-0.3, -0.25) is 4.79 Å². The molecule has 1 aromatic heterocycles. The van der Waals surface area contributed by atoms with E-state index in [0.717, 1.165) is 21.0 Å². The van der Waals surface area contributed by atoms with Crippen LogP contribution in [0.2, 0.25) is 0 Å². The molecule has 20 heavy (non-hydrogen) atoms. The summed E-state index contributed by atoms with van der Waals surface area (Å²) in [5.74, 6) is -0.0758. The first-order valence-corrected chi connectivity index (χ1v) is 9.21. The van der Waals surface area contributed by atoms with Crippen LogP contribution in [-0.2, 0) is 0 Å². The first kappa shape index (κ1) is 15.7. The molecular weight excluding hydrogens is 356 g/mol. The molecule has 0 spiro atoms. The maximum Gasteiger partial charge on any atom is 0.263 e. The number of halogens is 1. The topological polar surface area (TPSA) is 55.1 Å². The summed E-state index contributed by atoms with van der Waals surface area (Å²) >= 11 is 6.67. The molecule has 1 heterocycles. The highest BCUT2D eigenvalue weighted by Gasteiger charge is 2.16. The summed E-state index contributed by atoms with van der Waals surface area (Å²) in [7, 11) is 0. The minimum Gasteiger partial charge on any atom is -0.397 e. The average molecular weight is 373 g/mol. The van der Waals surface area contributed by atoms with E-state index in [1.54, 1.807) is 11.8 Å². The summed E-state index contributed by atoms with van der Waals surface area (Å²) in [6.45, 7) is 2.83. The van der Waals surface area contributed by atoms with Crippen LogP contribution in [-0.4, -0.2) is 24.0 Å². The average Bonchev–Trinajstić information content (AvgIpc) is 2.75. The van der Waals surface area contributed by atoms with Crippen molar-refractivity contribution >= 4 is 60.7 Å². The van der Waals surface area contributed by atoms with Gasteiger partial charge in [0.05, 0.1) is 5.69 Å². The molecule has 0 saturated heterocycles. The summed E-state index contributed by atoms with van der Waals surface area (Å²) in [6.07, 6.45) is 3.04. The van der Waals surface area contributed by atoms with Crippen molar-refractivity contribution < 1.29 is 4.79 Å². The van der Waals surface area contributed by atoms with Crippen LogP contribution in [0.3, 0.4) is 0 Å². The van der Waals surface area contributed by atoms with Gasteiger partial charge in [-0.05, 0) is 24.8 Å². The first-order chi connectivity index (χ1) is 9.52. The molecule has 108 valence electrons. The van der Waals surface area contributed by atoms with E-state index >= 15 is 0 Å². The molecule has 0 radical (unpaired) electrons. The van der Waals surface area contributed by atoms with Crippen molar-refractivity contribution in [1.82, 2.24) is 5.32 Å². The minimum atomic E-state index is -0.0758. The van der Waals surface area contributed by atoms with E-state index in [4.69, 9.17) is 5.73 Å². The summed E-state index contributed by atoms with van der Waals surface area (Å²) in [5.41, 5.74) is 6.65. The van der Waals surface area contributed by atoms with Gasteiger partial charge in [0.15, 0.2) is 0 Å². The predicted molar refractivity (Wildman–Crippen MR) is 93.9 cm³/mol. The molecular formula is C14H17BrN2OS2. The van der Waals surface area contributed by atoms with Gasteiger partial charge >= 0.3 is 0 Å². The number of thiophene rings is 1. The quantitative estimate of drug-likeness (QED) is 0.829. The molecule has 1 amide bonds. The third-order valence-electron chi connectivity index (χ3n) is 3.14. The Morgan fingerprint density at radius 2 is 2.30 bits per heavy atom. The van der Waals surface area contributed by atoms with Gasteiger partial charge in [-0.2, -0.15) is 11.8 Å². The fraction of sp³-hybridized carbons (Fsp3) is 0.357.